The van der Waals surface area contributed by atoms with Crippen molar-refractivity contribution < 1.29 is 14.6 Å². The van der Waals surface area contributed by atoms with Crippen LogP contribution in [0.5, 0.6) is 17.2 Å². The average Bonchev–Trinajstić information content (AvgIpc) is 3.37. The third-order valence-corrected chi connectivity index (χ3v) is 8.59. The molecule has 3 nitrogen and oxygen atoms in total. The fourth-order valence-corrected chi connectivity index (χ4v) is 6.43. The van der Waals surface area contributed by atoms with Crippen LogP contribution < -0.4 is 9.47 Å². The standard InChI is InChI=1S/C40H32O3/c1-27-11-17-30(18-12-27)40(37-9-5-3-7-35(37)36-8-4-6-10-38(36)40)31-19-25-34(26-20-31)43-33-23-15-29(16-24-33)39(41)28-13-21-32(42-2)22-14-28/h3-26,39,41H,1-2H3. The fourth-order valence-electron chi connectivity index (χ4n) is 6.43. The number of aliphatic hydroxyl groups excluding tert-OH is 1. The van der Waals surface area contributed by atoms with Gasteiger partial charge in [-0.15, -0.1) is 0 Å². The van der Waals surface area contributed by atoms with Crippen molar-refractivity contribution in [3.8, 4) is 28.4 Å². The Kier molecular flexibility index (Phi) is 6.81. The molecule has 0 radical (unpaired) electrons. The lowest BCUT2D eigenvalue weighted by Crippen LogP contribution is -2.28. The van der Waals surface area contributed by atoms with Crippen molar-refractivity contribution in [2.45, 2.75) is 18.4 Å². The molecular formula is C40H32O3. The Bertz CT molecular complexity index is 1820. The topological polar surface area (TPSA) is 38.7 Å². The summed E-state index contributed by atoms with van der Waals surface area (Å²) in [5.41, 5.74) is 9.98. The van der Waals surface area contributed by atoms with Crippen LogP contribution in [0, 0.1) is 6.92 Å². The number of benzene rings is 6. The molecule has 3 heteroatoms. The zero-order valence-electron chi connectivity index (χ0n) is 24.2. The number of hydrogen-bond acceptors (Lipinski definition) is 3. The summed E-state index contributed by atoms with van der Waals surface area (Å²) in [6, 6.07) is 50.0. The van der Waals surface area contributed by atoms with Crippen molar-refractivity contribution in [2.24, 2.45) is 0 Å². The highest BCUT2D eigenvalue weighted by molar-refractivity contribution is 5.86. The van der Waals surface area contributed by atoms with Crippen molar-refractivity contribution in [1.82, 2.24) is 0 Å². The van der Waals surface area contributed by atoms with Crippen LogP contribution in [0.2, 0.25) is 0 Å². The third kappa shape index (κ3) is 4.59. The molecule has 0 fully saturated rings. The van der Waals surface area contributed by atoms with E-state index in [1.807, 2.05) is 48.5 Å². The Balaban J connectivity index is 1.21. The van der Waals surface area contributed by atoms with Crippen molar-refractivity contribution in [1.29, 1.82) is 0 Å². The number of hydrogen-bond donors (Lipinski definition) is 1. The van der Waals surface area contributed by atoms with Gasteiger partial charge in [0, 0.05) is 0 Å². The molecular weight excluding hydrogens is 528 g/mol. The maximum absolute atomic E-state index is 10.9. The van der Waals surface area contributed by atoms with Gasteiger partial charge in [0.05, 0.1) is 12.5 Å². The summed E-state index contributed by atoms with van der Waals surface area (Å²) >= 11 is 0. The Morgan fingerprint density at radius 1 is 0.512 bits per heavy atom. The summed E-state index contributed by atoms with van der Waals surface area (Å²) in [7, 11) is 1.63. The van der Waals surface area contributed by atoms with E-state index in [0.29, 0.717) is 5.75 Å². The highest BCUT2D eigenvalue weighted by atomic mass is 16.5. The maximum atomic E-state index is 10.9. The van der Waals surface area contributed by atoms with Gasteiger partial charge in [0.25, 0.3) is 0 Å². The van der Waals surface area contributed by atoms with E-state index in [-0.39, 0.29) is 0 Å². The Morgan fingerprint density at radius 2 is 0.930 bits per heavy atom. The molecule has 0 saturated carbocycles. The second-order valence-electron chi connectivity index (χ2n) is 11.1. The van der Waals surface area contributed by atoms with Crippen LogP contribution in [-0.4, -0.2) is 12.2 Å². The van der Waals surface area contributed by atoms with Gasteiger partial charge in [0.15, 0.2) is 0 Å². The first-order valence-electron chi connectivity index (χ1n) is 14.5. The average molecular weight is 561 g/mol. The molecule has 1 unspecified atom stereocenters. The molecule has 7 rings (SSSR count). The molecule has 6 aromatic rings. The third-order valence-electron chi connectivity index (χ3n) is 8.59. The van der Waals surface area contributed by atoms with Gasteiger partial charge in [0.2, 0.25) is 0 Å². The Morgan fingerprint density at radius 3 is 1.42 bits per heavy atom. The zero-order valence-corrected chi connectivity index (χ0v) is 24.2. The lowest BCUT2D eigenvalue weighted by Gasteiger charge is -2.34. The largest absolute Gasteiger partial charge is 0.497 e. The van der Waals surface area contributed by atoms with Gasteiger partial charge in [-0.25, -0.2) is 0 Å². The summed E-state index contributed by atoms with van der Waals surface area (Å²) in [5.74, 6) is 2.23. The molecule has 0 aromatic heterocycles. The lowest BCUT2D eigenvalue weighted by molar-refractivity contribution is 0.220. The van der Waals surface area contributed by atoms with Crippen LogP contribution in [0.15, 0.2) is 146 Å². The van der Waals surface area contributed by atoms with E-state index in [4.69, 9.17) is 9.47 Å². The molecule has 0 aliphatic heterocycles. The Hall–Kier alpha value is -5.12. The van der Waals surface area contributed by atoms with Gasteiger partial charge in [-0.3, -0.25) is 0 Å². The molecule has 1 atom stereocenters. The van der Waals surface area contributed by atoms with Gasteiger partial charge < -0.3 is 14.6 Å². The summed E-state index contributed by atoms with van der Waals surface area (Å²) in [6.07, 6.45) is -0.727. The Labute approximate surface area is 252 Å². The SMILES string of the molecule is COc1ccc(C(O)c2ccc(Oc3ccc(C4(c5ccc(C)cc5)c5ccccc5-c5ccccc54)cc3)cc2)cc1. The minimum Gasteiger partial charge on any atom is -0.497 e. The predicted octanol–water partition coefficient (Wildman–Crippen LogP) is 9.24. The van der Waals surface area contributed by atoms with E-state index < -0.39 is 11.5 Å². The molecule has 0 amide bonds. The molecule has 0 spiro atoms. The minimum absolute atomic E-state index is 0.432. The molecule has 0 saturated heterocycles. The smallest absolute Gasteiger partial charge is 0.127 e. The van der Waals surface area contributed by atoms with E-state index in [2.05, 4.69) is 104 Å². The van der Waals surface area contributed by atoms with Crippen LogP contribution in [0.4, 0.5) is 0 Å². The molecule has 0 heterocycles. The number of aliphatic hydroxyl groups is 1. The lowest BCUT2D eigenvalue weighted by atomic mass is 9.67. The van der Waals surface area contributed by atoms with E-state index in [9.17, 15) is 5.11 Å². The van der Waals surface area contributed by atoms with E-state index in [0.717, 1.165) is 22.6 Å². The number of methoxy groups -OCH3 is 1. The van der Waals surface area contributed by atoms with Gasteiger partial charge in [-0.2, -0.15) is 0 Å². The van der Waals surface area contributed by atoms with Crippen LogP contribution in [-0.2, 0) is 5.41 Å². The summed E-state index contributed by atoms with van der Waals surface area (Å²) in [5, 5.41) is 10.9. The van der Waals surface area contributed by atoms with E-state index in [1.165, 1.54) is 38.9 Å². The number of rotatable bonds is 7. The molecule has 1 aliphatic carbocycles. The summed E-state index contributed by atoms with van der Waals surface area (Å²) in [6.45, 7) is 2.13. The molecule has 43 heavy (non-hydrogen) atoms. The van der Waals surface area contributed by atoms with Crippen LogP contribution in [0.25, 0.3) is 11.1 Å². The fraction of sp³-hybridized carbons (Fsp3) is 0.100. The van der Waals surface area contributed by atoms with Crippen LogP contribution in [0.3, 0.4) is 0 Å². The van der Waals surface area contributed by atoms with Crippen molar-refractivity contribution in [3.05, 3.63) is 185 Å². The van der Waals surface area contributed by atoms with Gasteiger partial charge in [-0.1, -0.05) is 115 Å². The molecule has 1 aliphatic rings. The second kappa shape index (κ2) is 10.9. The van der Waals surface area contributed by atoms with Crippen molar-refractivity contribution in [2.75, 3.05) is 7.11 Å². The number of aryl methyl sites for hydroxylation is 1. The van der Waals surface area contributed by atoms with E-state index >= 15 is 0 Å². The van der Waals surface area contributed by atoms with Crippen molar-refractivity contribution >= 4 is 0 Å². The molecule has 210 valence electrons. The molecule has 0 bridgehead atoms. The van der Waals surface area contributed by atoms with Gasteiger partial charge in [0.1, 0.15) is 23.4 Å². The van der Waals surface area contributed by atoms with Crippen LogP contribution in [0.1, 0.15) is 45.0 Å². The first-order valence-corrected chi connectivity index (χ1v) is 14.5. The zero-order chi connectivity index (χ0) is 29.4. The first-order chi connectivity index (χ1) is 21.1. The predicted molar refractivity (Wildman–Crippen MR) is 172 cm³/mol. The summed E-state index contributed by atoms with van der Waals surface area (Å²) < 4.78 is 11.5. The minimum atomic E-state index is -0.727. The van der Waals surface area contributed by atoms with Gasteiger partial charge in [-0.05, 0) is 87.8 Å². The number of fused-ring (bicyclic) bond motifs is 3. The molecule has 1 N–H and O–H groups in total. The highest BCUT2D eigenvalue weighted by Gasteiger charge is 2.45. The highest BCUT2D eigenvalue weighted by Crippen LogP contribution is 2.56. The van der Waals surface area contributed by atoms with E-state index in [1.54, 1.807) is 7.11 Å². The maximum Gasteiger partial charge on any atom is 0.127 e. The van der Waals surface area contributed by atoms with Crippen molar-refractivity contribution in [3.63, 3.8) is 0 Å². The quantitative estimate of drug-likeness (QED) is 0.211. The monoisotopic (exact) mass is 560 g/mol. The first kappa shape index (κ1) is 26.8. The normalized spacial score (nSPS) is 13.6. The van der Waals surface area contributed by atoms with Crippen LogP contribution >= 0.6 is 0 Å². The number of ether oxygens (including phenoxy) is 2. The second-order valence-corrected chi connectivity index (χ2v) is 11.1. The van der Waals surface area contributed by atoms with Gasteiger partial charge >= 0.3 is 0 Å². The summed E-state index contributed by atoms with van der Waals surface area (Å²) in [4.78, 5) is 0. The molecule has 6 aromatic carbocycles.